The van der Waals surface area contributed by atoms with E-state index >= 15 is 0 Å². The summed E-state index contributed by atoms with van der Waals surface area (Å²) in [4.78, 5) is 4.16. The topological polar surface area (TPSA) is 43.4 Å². The molecule has 4 nitrogen and oxygen atoms in total. The van der Waals surface area contributed by atoms with Crippen molar-refractivity contribution in [3.05, 3.63) is 78.6 Å². The Hall–Kier alpha value is -3.01. The van der Waals surface area contributed by atoms with E-state index in [1.165, 1.54) is 0 Å². The molecule has 0 aliphatic carbocycles. The highest BCUT2D eigenvalue weighted by Gasteiger charge is 2.05. The van der Waals surface area contributed by atoms with Gasteiger partial charge in [-0.2, -0.15) is 0 Å². The number of hydrogen-bond acceptors (Lipinski definition) is 4. The van der Waals surface area contributed by atoms with Crippen LogP contribution >= 0.6 is 0 Å². The zero-order chi connectivity index (χ0) is 15.9. The molecule has 2 aromatic carbocycles. The van der Waals surface area contributed by atoms with Crippen LogP contribution in [0.4, 0.5) is 5.69 Å². The lowest BCUT2D eigenvalue weighted by Crippen LogP contribution is -2.01. The molecular formula is C19H18N2O2. The van der Waals surface area contributed by atoms with Gasteiger partial charge in [0.2, 0.25) is 0 Å². The summed E-state index contributed by atoms with van der Waals surface area (Å²) >= 11 is 0. The van der Waals surface area contributed by atoms with Crippen LogP contribution in [0.3, 0.4) is 0 Å². The maximum absolute atomic E-state index is 5.91. The second kappa shape index (κ2) is 7.31. The number of aromatic nitrogens is 1. The molecule has 3 rings (SSSR count). The van der Waals surface area contributed by atoms with Gasteiger partial charge in [0.25, 0.3) is 0 Å². The van der Waals surface area contributed by atoms with E-state index in [0.717, 1.165) is 28.5 Å². The predicted octanol–water partition coefficient (Wildman–Crippen LogP) is 4.49. The summed E-state index contributed by atoms with van der Waals surface area (Å²) in [6, 6.07) is 19.5. The molecule has 1 heterocycles. The van der Waals surface area contributed by atoms with Crippen molar-refractivity contribution in [1.82, 2.24) is 4.98 Å². The van der Waals surface area contributed by atoms with Gasteiger partial charge in [0, 0.05) is 18.8 Å². The number of nitrogens with one attached hydrogen (secondary N) is 1. The number of ether oxygens (including phenoxy) is 2. The van der Waals surface area contributed by atoms with Crippen molar-refractivity contribution in [1.29, 1.82) is 0 Å². The van der Waals surface area contributed by atoms with Gasteiger partial charge in [-0.3, -0.25) is 4.98 Å². The Morgan fingerprint density at radius 3 is 2.43 bits per heavy atom. The summed E-state index contributed by atoms with van der Waals surface area (Å²) in [5.41, 5.74) is 2.01. The van der Waals surface area contributed by atoms with E-state index in [4.69, 9.17) is 9.47 Å². The fraction of sp³-hybridized carbons (Fsp3) is 0.105. The molecule has 0 bridgehead atoms. The van der Waals surface area contributed by atoms with Crippen LogP contribution in [-0.2, 0) is 6.54 Å². The minimum absolute atomic E-state index is 0.681. The third kappa shape index (κ3) is 4.01. The number of hydrogen-bond donors (Lipinski definition) is 1. The number of rotatable bonds is 6. The number of pyridine rings is 1. The van der Waals surface area contributed by atoms with Crippen LogP contribution in [-0.4, -0.2) is 12.1 Å². The van der Waals surface area contributed by atoms with Crippen molar-refractivity contribution < 1.29 is 9.47 Å². The van der Waals surface area contributed by atoms with Gasteiger partial charge in [0.15, 0.2) is 5.75 Å². The van der Waals surface area contributed by atoms with Gasteiger partial charge in [0.1, 0.15) is 11.5 Å². The molecule has 0 aliphatic rings. The first kappa shape index (κ1) is 14.9. The lowest BCUT2D eigenvalue weighted by Gasteiger charge is -2.12. The molecule has 0 radical (unpaired) electrons. The maximum atomic E-state index is 5.91. The number of benzene rings is 2. The van der Waals surface area contributed by atoms with Crippen LogP contribution < -0.4 is 14.8 Å². The molecule has 1 aromatic heterocycles. The quantitative estimate of drug-likeness (QED) is 0.728. The summed E-state index contributed by atoms with van der Waals surface area (Å²) in [6.45, 7) is 0.681. The van der Waals surface area contributed by atoms with Crippen molar-refractivity contribution >= 4 is 5.69 Å². The Kier molecular flexibility index (Phi) is 4.74. The minimum atomic E-state index is 0.681. The van der Waals surface area contributed by atoms with Crippen molar-refractivity contribution in [2.24, 2.45) is 0 Å². The highest BCUT2D eigenvalue weighted by atomic mass is 16.5. The first-order valence-corrected chi connectivity index (χ1v) is 7.39. The molecule has 3 aromatic rings. The van der Waals surface area contributed by atoms with E-state index in [9.17, 15) is 0 Å². The van der Waals surface area contributed by atoms with Crippen LogP contribution in [0.15, 0.2) is 73.1 Å². The van der Waals surface area contributed by atoms with E-state index in [-0.39, 0.29) is 0 Å². The van der Waals surface area contributed by atoms with Crippen molar-refractivity contribution in [2.75, 3.05) is 12.4 Å². The van der Waals surface area contributed by atoms with E-state index in [1.807, 2.05) is 60.7 Å². The number of para-hydroxylation sites is 1. The molecule has 0 unspecified atom stereocenters. The Morgan fingerprint density at radius 2 is 1.70 bits per heavy atom. The SMILES string of the molecule is COc1ccc(CNc2cnccc2Oc2ccccc2)cc1. The summed E-state index contributed by atoms with van der Waals surface area (Å²) in [5, 5.41) is 3.36. The summed E-state index contributed by atoms with van der Waals surface area (Å²) < 4.78 is 11.1. The molecule has 1 N–H and O–H groups in total. The van der Waals surface area contributed by atoms with Crippen molar-refractivity contribution in [2.45, 2.75) is 6.54 Å². The fourth-order valence-corrected chi connectivity index (χ4v) is 2.16. The number of anilines is 1. The number of nitrogens with zero attached hydrogens (tertiary/aromatic N) is 1. The van der Waals surface area contributed by atoms with Crippen LogP contribution in [0.2, 0.25) is 0 Å². The van der Waals surface area contributed by atoms with E-state index in [1.54, 1.807) is 19.5 Å². The Balaban J connectivity index is 1.70. The Morgan fingerprint density at radius 1 is 0.913 bits per heavy atom. The lowest BCUT2D eigenvalue weighted by atomic mass is 10.2. The molecule has 0 saturated heterocycles. The van der Waals surface area contributed by atoms with Gasteiger partial charge < -0.3 is 14.8 Å². The lowest BCUT2D eigenvalue weighted by molar-refractivity contribution is 0.414. The van der Waals surface area contributed by atoms with Crippen LogP contribution in [0, 0.1) is 0 Å². The highest BCUT2D eigenvalue weighted by Crippen LogP contribution is 2.28. The van der Waals surface area contributed by atoms with Gasteiger partial charge in [-0.25, -0.2) is 0 Å². The zero-order valence-corrected chi connectivity index (χ0v) is 12.9. The second-order valence-corrected chi connectivity index (χ2v) is 4.99. The molecule has 23 heavy (non-hydrogen) atoms. The normalized spacial score (nSPS) is 10.1. The molecule has 116 valence electrons. The van der Waals surface area contributed by atoms with Gasteiger partial charge in [0.05, 0.1) is 19.0 Å². The third-order valence-corrected chi connectivity index (χ3v) is 3.39. The third-order valence-electron chi connectivity index (χ3n) is 3.39. The molecule has 0 saturated carbocycles. The van der Waals surface area contributed by atoms with E-state index < -0.39 is 0 Å². The molecule has 0 spiro atoms. The molecule has 4 heteroatoms. The molecule has 0 fully saturated rings. The summed E-state index contributed by atoms with van der Waals surface area (Å²) in [7, 11) is 1.66. The fourth-order valence-electron chi connectivity index (χ4n) is 2.16. The molecule has 0 amide bonds. The van der Waals surface area contributed by atoms with E-state index in [2.05, 4.69) is 10.3 Å². The molecular weight excluding hydrogens is 288 g/mol. The minimum Gasteiger partial charge on any atom is -0.497 e. The average molecular weight is 306 g/mol. The molecule has 0 atom stereocenters. The van der Waals surface area contributed by atoms with Crippen molar-refractivity contribution in [3.63, 3.8) is 0 Å². The van der Waals surface area contributed by atoms with Gasteiger partial charge in [-0.1, -0.05) is 30.3 Å². The summed E-state index contributed by atoms with van der Waals surface area (Å²) in [5.74, 6) is 2.40. The van der Waals surface area contributed by atoms with Gasteiger partial charge in [-0.15, -0.1) is 0 Å². The Bertz CT molecular complexity index is 743. The largest absolute Gasteiger partial charge is 0.497 e. The van der Waals surface area contributed by atoms with Gasteiger partial charge >= 0.3 is 0 Å². The second-order valence-electron chi connectivity index (χ2n) is 4.99. The first-order chi connectivity index (χ1) is 11.3. The predicted molar refractivity (Wildman–Crippen MR) is 91.1 cm³/mol. The monoisotopic (exact) mass is 306 g/mol. The standard InChI is InChI=1S/C19H18N2O2/c1-22-16-9-7-15(8-10-16)13-21-18-14-20-12-11-19(18)23-17-5-3-2-4-6-17/h2-12,14,21H,13H2,1H3. The smallest absolute Gasteiger partial charge is 0.153 e. The first-order valence-electron chi connectivity index (χ1n) is 7.39. The van der Waals surface area contributed by atoms with E-state index in [0.29, 0.717) is 6.54 Å². The Labute approximate surface area is 135 Å². The average Bonchev–Trinajstić information content (AvgIpc) is 2.62. The van der Waals surface area contributed by atoms with Crippen LogP contribution in [0.25, 0.3) is 0 Å². The summed E-state index contributed by atoms with van der Waals surface area (Å²) in [6.07, 6.45) is 3.48. The van der Waals surface area contributed by atoms with Crippen LogP contribution in [0.1, 0.15) is 5.56 Å². The number of methoxy groups -OCH3 is 1. The van der Waals surface area contributed by atoms with Crippen LogP contribution in [0.5, 0.6) is 17.2 Å². The van der Waals surface area contributed by atoms with Gasteiger partial charge in [-0.05, 0) is 29.8 Å². The maximum Gasteiger partial charge on any atom is 0.153 e. The zero-order valence-electron chi connectivity index (χ0n) is 12.9. The highest BCUT2D eigenvalue weighted by molar-refractivity contribution is 5.56. The molecule has 0 aliphatic heterocycles. The van der Waals surface area contributed by atoms with Crippen molar-refractivity contribution in [3.8, 4) is 17.2 Å².